The predicted molar refractivity (Wildman–Crippen MR) is 64.6 cm³/mol. The Hall–Kier alpha value is -2.70. The van der Waals surface area contributed by atoms with E-state index in [9.17, 15) is 0 Å². The van der Waals surface area contributed by atoms with Crippen molar-refractivity contribution in [1.29, 1.82) is 0 Å². The van der Waals surface area contributed by atoms with Gasteiger partial charge in [-0.2, -0.15) is 4.52 Å². The van der Waals surface area contributed by atoms with Gasteiger partial charge < -0.3 is 10.1 Å². The van der Waals surface area contributed by atoms with Gasteiger partial charge in [0.2, 0.25) is 11.5 Å². The highest BCUT2D eigenvalue weighted by molar-refractivity contribution is 5.46. The molecule has 1 N–H and O–H groups in total. The van der Waals surface area contributed by atoms with Crippen LogP contribution in [-0.2, 0) is 0 Å². The summed E-state index contributed by atoms with van der Waals surface area (Å²) in [6.07, 6.45) is 3.13. The van der Waals surface area contributed by atoms with Crippen LogP contribution in [0.1, 0.15) is 0 Å². The monoisotopic (exact) mass is 242 g/mol. The third-order valence-corrected chi connectivity index (χ3v) is 2.44. The minimum Gasteiger partial charge on any atom is -0.437 e. The lowest BCUT2D eigenvalue weighted by atomic mass is 10.3. The summed E-state index contributed by atoms with van der Waals surface area (Å²) in [7, 11) is 1.86. The Balaban J connectivity index is 1.93. The molecule has 0 bridgehead atoms. The van der Waals surface area contributed by atoms with Crippen LogP contribution in [0.4, 0.5) is 5.69 Å². The zero-order chi connectivity index (χ0) is 12.4. The zero-order valence-corrected chi connectivity index (χ0v) is 9.61. The summed E-state index contributed by atoms with van der Waals surface area (Å²) in [6, 6.07) is 7.55. The van der Waals surface area contributed by atoms with Crippen molar-refractivity contribution in [3.05, 3.63) is 36.7 Å². The van der Waals surface area contributed by atoms with Gasteiger partial charge in [-0.05, 0) is 34.7 Å². The van der Waals surface area contributed by atoms with Crippen LogP contribution in [0.5, 0.6) is 11.6 Å². The van der Waals surface area contributed by atoms with Crippen LogP contribution in [0.15, 0.2) is 36.7 Å². The van der Waals surface area contributed by atoms with E-state index in [1.807, 2.05) is 31.3 Å². The van der Waals surface area contributed by atoms with Crippen molar-refractivity contribution in [3.63, 3.8) is 0 Å². The van der Waals surface area contributed by atoms with Crippen LogP contribution in [0, 0.1) is 0 Å². The predicted octanol–water partition coefficient (Wildman–Crippen LogP) is 1.35. The Morgan fingerprint density at radius 2 is 2.00 bits per heavy atom. The van der Waals surface area contributed by atoms with Gasteiger partial charge in [-0.1, -0.05) is 0 Å². The van der Waals surface area contributed by atoms with Gasteiger partial charge in [0.15, 0.2) is 0 Å². The number of rotatable bonds is 3. The molecule has 0 aliphatic carbocycles. The molecular weight excluding hydrogens is 232 g/mol. The molecule has 0 fully saturated rings. The molecule has 18 heavy (non-hydrogen) atoms. The van der Waals surface area contributed by atoms with Crippen LogP contribution >= 0.6 is 0 Å². The van der Waals surface area contributed by atoms with E-state index in [-0.39, 0.29) is 0 Å². The Morgan fingerprint density at radius 1 is 1.17 bits per heavy atom. The third-order valence-electron chi connectivity index (χ3n) is 2.44. The molecule has 0 aliphatic rings. The van der Waals surface area contributed by atoms with Crippen molar-refractivity contribution < 1.29 is 4.74 Å². The molecule has 2 heterocycles. The maximum absolute atomic E-state index is 5.68. The molecule has 0 saturated carbocycles. The molecule has 3 aromatic rings. The number of nitrogens with one attached hydrogen (secondary N) is 1. The van der Waals surface area contributed by atoms with Crippen molar-refractivity contribution >= 4 is 11.3 Å². The molecule has 7 heteroatoms. The van der Waals surface area contributed by atoms with Gasteiger partial charge in [0, 0.05) is 12.7 Å². The SMILES string of the molecule is CNc1ccc(Oc2cncc3nnnn23)cc1. The molecule has 0 aliphatic heterocycles. The van der Waals surface area contributed by atoms with Gasteiger partial charge in [-0.3, -0.25) is 4.98 Å². The van der Waals surface area contributed by atoms with Crippen molar-refractivity contribution in [2.75, 3.05) is 12.4 Å². The summed E-state index contributed by atoms with van der Waals surface area (Å²) in [5, 5.41) is 14.2. The first-order valence-electron chi connectivity index (χ1n) is 5.34. The second-order valence-corrected chi connectivity index (χ2v) is 3.57. The van der Waals surface area contributed by atoms with E-state index < -0.39 is 0 Å². The summed E-state index contributed by atoms with van der Waals surface area (Å²) in [6.45, 7) is 0. The van der Waals surface area contributed by atoms with E-state index in [1.54, 1.807) is 12.4 Å². The lowest BCUT2D eigenvalue weighted by molar-refractivity contribution is 0.442. The van der Waals surface area contributed by atoms with Crippen LogP contribution in [0.3, 0.4) is 0 Å². The molecular formula is C11H10N6O. The van der Waals surface area contributed by atoms with Crippen LogP contribution < -0.4 is 10.1 Å². The average Bonchev–Trinajstić information content (AvgIpc) is 2.89. The number of benzene rings is 1. The second kappa shape index (κ2) is 4.28. The van der Waals surface area contributed by atoms with Crippen molar-refractivity contribution in [2.45, 2.75) is 0 Å². The van der Waals surface area contributed by atoms with Gasteiger partial charge in [-0.15, -0.1) is 5.10 Å². The highest BCUT2D eigenvalue weighted by Gasteiger charge is 2.05. The first-order chi connectivity index (χ1) is 8.86. The lowest BCUT2D eigenvalue weighted by Gasteiger charge is -2.06. The normalized spacial score (nSPS) is 10.5. The van der Waals surface area contributed by atoms with E-state index >= 15 is 0 Å². The summed E-state index contributed by atoms with van der Waals surface area (Å²) in [5.74, 6) is 1.16. The fraction of sp³-hybridized carbons (Fsp3) is 0.0909. The average molecular weight is 242 g/mol. The van der Waals surface area contributed by atoms with Crippen molar-refractivity contribution in [2.24, 2.45) is 0 Å². The minimum atomic E-state index is 0.467. The topological polar surface area (TPSA) is 77.2 Å². The first-order valence-corrected chi connectivity index (χ1v) is 5.34. The first kappa shape index (κ1) is 10.5. The molecule has 2 aromatic heterocycles. The quantitative estimate of drug-likeness (QED) is 0.747. The van der Waals surface area contributed by atoms with Gasteiger partial charge in [0.25, 0.3) is 0 Å². The van der Waals surface area contributed by atoms with Crippen molar-refractivity contribution in [1.82, 2.24) is 25.0 Å². The van der Waals surface area contributed by atoms with E-state index in [2.05, 4.69) is 25.8 Å². The summed E-state index contributed by atoms with van der Waals surface area (Å²) in [5.41, 5.74) is 1.56. The number of ether oxygens (including phenoxy) is 1. The molecule has 0 amide bonds. The number of aromatic nitrogens is 5. The second-order valence-electron chi connectivity index (χ2n) is 3.57. The smallest absolute Gasteiger partial charge is 0.242 e. The Bertz CT molecular complexity index is 663. The van der Waals surface area contributed by atoms with Gasteiger partial charge in [0.1, 0.15) is 5.75 Å². The van der Waals surface area contributed by atoms with Gasteiger partial charge in [-0.25, -0.2) is 0 Å². The minimum absolute atomic E-state index is 0.467. The number of tetrazole rings is 1. The number of nitrogens with zero attached hydrogens (tertiary/aromatic N) is 5. The maximum atomic E-state index is 5.68. The third kappa shape index (κ3) is 1.81. The highest BCUT2D eigenvalue weighted by atomic mass is 16.5. The molecule has 7 nitrogen and oxygen atoms in total. The molecule has 0 unspecified atom stereocenters. The summed E-state index contributed by atoms with van der Waals surface area (Å²) in [4.78, 5) is 4.01. The fourth-order valence-electron chi connectivity index (χ4n) is 1.53. The molecule has 1 aromatic carbocycles. The zero-order valence-electron chi connectivity index (χ0n) is 9.61. The fourth-order valence-corrected chi connectivity index (χ4v) is 1.53. The largest absolute Gasteiger partial charge is 0.437 e. The number of anilines is 1. The lowest BCUT2D eigenvalue weighted by Crippen LogP contribution is -1.97. The molecule has 0 saturated heterocycles. The van der Waals surface area contributed by atoms with Gasteiger partial charge >= 0.3 is 0 Å². The summed E-state index contributed by atoms with van der Waals surface area (Å²) < 4.78 is 7.16. The van der Waals surface area contributed by atoms with E-state index in [0.717, 1.165) is 5.69 Å². The molecule has 0 radical (unpaired) electrons. The Kier molecular flexibility index (Phi) is 2.49. The number of fused-ring (bicyclic) bond motifs is 1. The molecule has 0 atom stereocenters. The number of hydrogen-bond donors (Lipinski definition) is 1. The standard InChI is InChI=1S/C11H10N6O/c1-12-8-2-4-9(5-3-8)18-11-7-13-6-10-14-15-16-17(10)11/h2-7,12H,1H3. The maximum Gasteiger partial charge on any atom is 0.242 e. The highest BCUT2D eigenvalue weighted by Crippen LogP contribution is 2.21. The number of hydrogen-bond acceptors (Lipinski definition) is 6. The van der Waals surface area contributed by atoms with E-state index in [1.165, 1.54) is 4.52 Å². The van der Waals surface area contributed by atoms with Crippen molar-refractivity contribution in [3.8, 4) is 11.6 Å². The Labute approximate surface area is 102 Å². The van der Waals surface area contributed by atoms with Crippen LogP contribution in [0.25, 0.3) is 5.65 Å². The molecule has 3 rings (SSSR count). The van der Waals surface area contributed by atoms with E-state index in [4.69, 9.17) is 4.74 Å². The van der Waals surface area contributed by atoms with Crippen LogP contribution in [-0.4, -0.2) is 32.1 Å². The van der Waals surface area contributed by atoms with Crippen LogP contribution in [0.2, 0.25) is 0 Å². The molecule has 90 valence electrons. The van der Waals surface area contributed by atoms with E-state index in [0.29, 0.717) is 17.3 Å². The summed E-state index contributed by atoms with van der Waals surface area (Å²) >= 11 is 0. The van der Waals surface area contributed by atoms with Gasteiger partial charge in [0.05, 0.1) is 12.4 Å². The molecule has 0 spiro atoms. The Morgan fingerprint density at radius 3 is 2.78 bits per heavy atom.